The van der Waals surface area contributed by atoms with Crippen LogP contribution in [-0.4, -0.2) is 41.0 Å². The fraction of sp³-hybridized carbons (Fsp3) is 0.118. The molecule has 4 rings (SSSR count). The Labute approximate surface area is 160 Å². The van der Waals surface area contributed by atoms with Gasteiger partial charge >= 0.3 is 0 Å². The standard InChI is InChI=1S/C17H14ClN5O3S/c1-22(10-11-5-4-6-12(18)9-11)16(24)15-19-17-21-27(25,26)14-8-3-2-7-13(14)23(17)20-15/h2-9H,10H2,1H3,(H,19,20,21). The molecule has 0 radical (unpaired) electrons. The van der Waals surface area contributed by atoms with Crippen LogP contribution in [0.2, 0.25) is 5.02 Å². The molecule has 1 amide bonds. The first-order valence-corrected chi connectivity index (χ1v) is 9.80. The van der Waals surface area contributed by atoms with Gasteiger partial charge in [-0.1, -0.05) is 35.9 Å². The lowest BCUT2D eigenvalue weighted by Crippen LogP contribution is -2.27. The molecule has 0 spiro atoms. The van der Waals surface area contributed by atoms with Gasteiger partial charge in [0.05, 0.1) is 5.69 Å². The summed E-state index contributed by atoms with van der Waals surface area (Å²) < 4.78 is 28.3. The van der Waals surface area contributed by atoms with Gasteiger partial charge in [-0.2, -0.15) is 9.67 Å². The predicted octanol–water partition coefficient (Wildman–Crippen LogP) is 2.31. The Morgan fingerprint density at radius 3 is 2.78 bits per heavy atom. The molecular weight excluding hydrogens is 390 g/mol. The van der Waals surface area contributed by atoms with Crippen LogP contribution in [0.4, 0.5) is 5.95 Å². The third-order valence-corrected chi connectivity index (χ3v) is 5.67. The average Bonchev–Trinajstić information content (AvgIpc) is 3.04. The lowest BCUT2D eigenvalue weighted by atomic mass is 10.2. The molecule has 1 aromatic heterocycles. The van der Waals surface area contributed by atoms with Crippen LogP contribution in [0.5, 0.6) is 0 Å². The lowest BCUT2D eigenvalue weighted by molar-refractivity contribution is 0.0773. The van der Waals surface area contributed by atoms with Crippen LogP contribution in [-0.2, 0) is 16.6 Å². The second-order valence-corrected chi connectivity index (χ2v) is 8.12. The van der Waals surface area contributed by atoms with Gasteiger partial charge in [0, 0.05) is 18.6 Å². The zero-order valence-electron chi connectivity index (χ0n) is 14.1. The minimum absolute atomic E-state index is 0.0202. The Hall–Kier alpha value is -2.91. The van der Waals surface area contributed by atoms with Gasteiger partial charge in [0.25, 0.3) is 15.9 Å². The Balaban J connectivity index is 1.66. The zero-order chi connectivity index (χ0) is 19.2. The van der Waals surface area contributed by atoms with Crippen molar-refractivity contribution in [3.05, 3.63) is 64.9 Å². The number of fused-ring (bicyclic) bond motifs is 3. The molecule has 1 aliphatic rings. The number of nitrogens with zero attached hydrogens (tertiary/aromatic N) is 4. The van der Waals surface area contributed by atoms with Gasteiger partial charge in [-0.15, -0.1) is 5.10 Å². The van der Waals surface area contributed by atoms with Crippen LogP contribution in [0.15, 0.2) is 53.4 Å². The first-order valence-electron chi connectivity index (χ1n) is 7.94. The molecule has 0 saturated carbocycles. The number of halogens is 1. The normalized spacial score (nSPS) is 14.0. The van der Waals surface area contributed by atoms with Crippen molar-refractivity contribution < 1.29 is 13.2 Å². The van der Waals surface area contributed by atoms with Crippen molar-refractivity contribution in [2.75, 3.05) is 11.8 Å². The number of carbonyl (C=O) groups excluding carboxylic acids is 1. The molecule has 0 atom stereocenters. The molecule has 0 saturated heterocycles. The fourth-order valence-electron chi connectivity index (χ4n) is 2.82. The summed E-state index contributed by atoms with van der Waals surface area (Å²) in [7, 11) is -2.14. The second kappa shape index (κ2) is 6.36. The molecule has 0 bridgehead atoms. The van der Waals surface area contributed by atoms with Crippen molar-refractivity contribution in [3.63, 3.8) is 0 Å². The van der Waals surface area contributed by atoms with Gasteiger partial charge in [-0.05, 0) is 29.8 Å². The van der Waals surface area contributed by atoms with Crippen LogP contribution in [0.1, 0.15) is 16.2 Å². The number of para-hydroxylation sites is 1. The van der Waals surface area contributed by atoms with E-state index >= 15 is 0 Å². The van der Waals surface area contributed by atoms with Crippen molar-refractivity contribution in [2.45, 2.75) is 11.4 Å². The van der Waals surface area contributed by atoms with Gasteiger partial charge in [0.1, 0.15) is 4.90 Å². The van der Waals surface area contributed by atoms with Gasteiger partial charge in [0.2, 0.25) is 11.8 Å². The minimum atomic E-state index is -3.75. The van der Waals surface area contributed by atoms with Crippen molar-refractivity contribution >= 4 is 33.5 Å². The fourth-order valence-corrected chi connectivity index (χ4v) is 4.21. The van der Waals surface area contributed by atoms with Crippen molar-refractivity contribution in [1.82, 2.24) is 19.7 Å². The number of rotatable bonds is 3. The molecule has 1 aliphatic heterocycles. The Morgan fingerprint density at radius 1 is 1.22 bits per heavy atom. The molecule has 0 aliphatic carbocycles. The number of sulfonamides is 1. The van der Waals surface area contributed by atoms with E-state index < -0.39 is 15.9 Å². The van der Waals surface area contributed by atoms with E-state index in [-0.39, 0.29) is 16.7 Å². The number of anilines is 1. The number of benzene rings is 2. The van der Waals surface area contributed by atoms with Crippen molar-refractivity contribution in [2.24, 2.45) is 0 Å². The van der Waals surface area contributed by atoms with Crippen molar-refractivity contribution in [3.8, 4) is 5.69 Å². The molecule has 27 heavy (non-hydrogen) atoms. The summed E-state index contributed by atoms with van der Waals surface area (Å²) in [6.07, 6.45) is 0. The highest BCUT2D eigenvalue weighted by Gasteiger charge is 2.31. The molecule has 2 aromatic carbocycles. The van der Waals surface area contributed by atoms with E-state index in [1.165, 1.54) is 15.6 Å². The molecule has 0 unspecified atom stereocenters. The lowest BCUT2D eigenvalue weighted by Gasteiger charge is -2.17. The van der Waals surface area contributed by atoms with Gasteiger partial charge in [0.15, 0.2) is 0 Å². The number of nitrogens with one attached hydrogen (secondary N) is 1. The highest BCUT2D eigenvalue weighted by molar-refractivity contribution is 7.92. The van der Waals surface area contributed by atoms with Gasteiger partial charge in [-0.3, -0.25) is 4.79 Å². The average molecular weight is 404 g/mol. The van der Waals surface area contributed by atoms with Crippen LogP contribution < -0.4 is 4.72 Å². The van der Waals surface area contributed by atoms with Gasteiger partial charge in [-0.25, -0.2) is 13.1 Å². The summed E-state index contributed by atoms with van der Waals surface area (Å²) in [5, 5.41) is 4.78. The van der Waals surface area contributed by atoms with Crippen LogP contribution >= 0.6 is 11.6 Å². The zero-order valence-corrected chi connectivity index (χ0v) is 15.7. The Morgan fingerprint density at radius 2 is 2.00 bits per heavy atom. The maximum Gasteiger partial charge on any atom is 0.293 e. The van der Waals surface area contributed by atoms with Crippen LogP contribution in [0, 0.1) is 0 Å². The largest absolute Gasteiger partial charge is 0.335 e. The molecule has 1 N–H and O–H groups in total. The van der Waals surface area contributed by atoms with E-state index in [0.717, 1.165) is 5.56 Å². The summed E-state index contributed by atoms with van der Waals surface area (Å²) in [5.74, 6) is -0.560. The molecule has 8 nitrogen and oxygen atoms in total. The molecule has 0 fully saturated rings. The van der Waals surface area contributed by atoms with Gasteiger partial charge < -0.3 is 4.90 Å². The third-order valence-electron chi connectivity index (χ3n) is 4.06. The quantitative estimate of drug-likeness (QED) is 0.723. The topological polar surface area (TPSA) is 97.2 Å². The number of hydrogen-bond acceptors (Lipinski definition) is 5. The number of hydrogen-bond donors (Lipinski definition) is 1. The van der Waals surface area contributed by atoms with E-state index in [1.54, 1.807) is 43.4 Å². The maximum absolute atomic E-state index is 12.7. The SMILES string of the molecule is CN(Cc1cccc(Cl)c1)C(=O)c1nc2n(n1)-c1ccccc1S(=O)(=O)N2. The number of amides is 1. The highest BCUT2D eigenvalue weighted by Crippen LogP contribution is 2.29. The summed E-state index contributed by atoms with van der Waals surface area (Å²) in [6, 6.07) is 13.6. The first-order chi connectivity index (χ1) is 12.8. The molecule has 3 aromatic rings. The van der Waals surface area contributed by atoms with Crippen LogP contribution in [0.3, 0.4) is 0 Å². The third kappa shape index (κ3) is 3.15. The van der Waals surface area contributed by atoms with Crippen LogP contribution in [0.25, 0.3) is 5.69 Å². The first kappa shape index (κ1) is 17.5. The molecular formula is C17H14ClN5O3S. The monoisotopic (exact) mass is 403 g/mol. The van der Waals surface area contributed by atoms with E-state index in [1.807, 2.05) is 6.07 Å². The second-order valence-electron chi connectivity index (χ2n) is 6.04. The summed E-state index contributed by atoms with van der Waals surface area (Å²) in [5.41, 5.74) is 1.20. The van der Waals surface area contributed by atoms with Crippen molar-refractivity contribution in [1.29, 1.82) is 0 Å². The van der Waals surface area contributed by atoms with E-state index in [9.17, 15) is 13.2 Å². The number of carbonyl (C=O) groups is 1. The molecule has 138 valence electrons. The number of aromatic nitrogens is 3. The molecule has 2 heterocycles. The highest BCUT2D eigenvalue weighted by atomic mass is 35.5. The summed E-state index contributed by atoms with van der Waals surface area (Å²) in [4.78, 5) is 18.3. The Bertz CT molecular complexity index is 1160. The van der Waals surface area contributed by atoms with E-state index in [2.05, 4.69) is 14.8 Å². The summed E-state index contributed by atoms with van der Waals surface area (Å²) >= 11 is 5.97. The van der Waals surface area contributed by atoms with E-state index in [0.29, 0.717) is 17.3 Å². The predicted molar refractivity (Wildman–Crippen MR) is 99.4 cm³/mol. The smallest absolute Gasteiger partial charge is 0.293 e. The maximum atomic E-state index is 12.7. The summed E-state index contributed by atoms with van der Waals surface area (Å²) in [6.45, 7) is 0.311. The molecule has 10 heteroatoms. The Kier molecular flexibility index (Phi) is 4.12. The minimum Gasteiger partial charge on any atom is -0.335 e. The van der Waals surface area contributed by atoms with E-state index in [4.69, 9.17) is 11.6 Å².